The minimum atomic E-state index is -0.519. The summed E-state index contributed by atoms with van der Waals surface area (Å²) < 4.78 is 17.3. The average molecular weight is 303 g/mol. The van der Waals surface area contributed by atoms with E-state index in [9.17, 15) is 0 Å². The van der Waals surface area contributed by atoms with E-state index in [1.54, 1.807) is 19.2 Å². The first-order valence-corrected chi connectivity index (χ1v) is 6.82. The van der Waals surface area contributed by atoms with E-state index in [1.165, 1.54) is 0 Å². The van der Waals surface area contributed by atoms with Crippen molar-refractivity contribution in [1.29, 1.82) is 0 Å². The highest BCUT2D eigenvalue weighted by molar-refractivity contribution is 6.63. The van der Waals surface area contributed by atoms with E-state index in [0.29, 0.717) is 15.8 Å². The third kappa shape index (κ3) is 2.59. The van der Waals surface area contributed by atoms with Crippen LogP contribution in [-0.2, 0) is 9.31 Å². The fourth-order valence-corrected chi connectivity index (χ4v) is 2.20. The Morgan fingerprint density at radius 3 is 1.95 bits per heavy atom. The zero-order valence-corrected chi connectivity index (χ0v) is 13.2. The number of hydrogen-bond acceptors (Lipinski definition) is 3. The highest BCUT2D eigenvalue weighted by Crippen LogP contribution is 2.38. The summed E-state index contributed by atoms with van der Waals surface area (Å²) in [6.07, 6.45) is 0. The van der Waals surface area contributed by atoms with Crippen LogP contribution in [0.3, 0.4) is 0 Å². The minimum absolute atomic E-state index is 0.408. The predicted octanol–water partition coefficient (Wildman–Crippen LogP) is 3.30. The van der Waals surface area contributed by atoms with E-state index in [1.807, 2.05) is 27.7 Å². The molecule has 1 saturated heterocycles. The zero-order valence-electron chi connectivity index (χ0n) is 11.7. The molecule has 1 fully saturated rings. The van der Waals surface area contributed by atoms with Gasteiger partial charge in [-0.1, -0.05) is 23.2 Å². The topological polar surface area (TPSA) is 27.7 Å². The van der Waals surface area contributed by atoms with Crippen LogP contribution in [0.25, 0.3) is 0 Å². The molecule has 0 saturated carbocycles. The molecule has 19 heavy (non-hydrogen) atoms. The second-order valence-corrected chi connectivity index (χ2v) is 6.41. The van der Waals surface area contributed by atoms with Crippen LogP contribution in [0.2, 0.25) is 10.0 Å². The Morgan fingerprint density at radius 2 is 1.47 bits per heavy atom. The number of benzene rings is 1. The molecule has 2 rings (SSSR count). The molecule has 3 nitrogen and oxygen atoms in total. The molecule has 0 aliphatic carbocycles. The normalized spacial score (nSPS) is 20.7. The van der Waals surface area contributed by atoms with Gasteiger partial charge >= 0.3 is 7.12 Å². The summed E-state index contributed by atoms with van der Waals surface area (Å²) in [5.74, 6) is 0.605. The molecule has 1 aromatic carbocycles. The first-order valence-electron chi connectivity index (χ1n) is 6.06. The molecule has 1 aliphatic rings. The monoisotopic (exact) mass is 302 g/mol. The summed E-state index contributed by atoms with van der Waals surface area (Å²) in [7, 11) is 1.06. The lowest BCUT2D eigenvalue weighted by Gasteiger charge is -2.32. The Bertz CT molecular complexity index is 487. The van der Waals surface area contributed by atoms with Gasteiger partial charge in [0.15, 0.2) is 0 Å². The number of rotatable bonds is 2. The fraction of sp³-hybridized carbons (Fsp3) is 0.538. The summed E-state index contributed by atoms with van der Waals surface area (Å²) in [4.78, 5) is 0. The number of ether oxygens (including phenoxy) is 1. The van der Waals surface area contributed by atoms with Crippen LogP contribution in [0.15, 0.2) is 12.1 Å². The van der Waals surface area contributed by atoms with Gasteiger partial charge in [0.1, 0.15) is 5.75 Å². The molecule has 0 atom stereocenters. The van der Waals surface area contributed by atoms with Crippen molar-refractivity contribution in [3.8, 4) is 5.75 Å². The molecule has 1 heterocycles. The van der Waals surface area contributed by atoms with Gasteiger partial charge in [0.05, 0.1) is 28.4 Å². The van der Waals surface area contributed by atoms with Crippen molar-refractivity contribution in [3.05, 3.63) is 22.2 Å². The van der Waals surface area contributed by atoms with E-state index < -0.39 is 18.3 Å². The van der Waals surface area contributed by atoms with E-state index >= 15 is 0 Å². The lowest BCUT2D eigenvalue weighted by Crippen LogP contribution is -2.41. The van der Waals surface area contributed by atoms with Gasteiger partial charge in [-0.05, 0) is 39.8 Å². The summed E-state index contributed by atoms with van der Waals surface area (Å²) in [5.41, 5.74) is -0.0700. The maximum atomic E-state index is 6.06. The van der Waals surface area contributed by atoms with Gasteiger partial charge in [-0.15, -0.1) is 0 Å². The molecule has 104 valence electrons. The molecule has 0 unspecified atom stereocenters. The lowest BCUT2D eigenvalue weighted by molar-refractivity contribution is 0.00578. The largest absolute Gasteiger partial charge is 0.498 e. The third-order valence-electron chi connectivity index (χ3n) is 3.78. The quantitative estimate of drug-likeness (QED) is 0.785. The summed E-state index contributed by atoms with van der Waals surface area (Å²) >= 11 is 12.1. The van der Waals surface area contributed by atoms with Crippen LogP contribution in [0.1, 0.15) is 27.7 Å². The fourth-order valence-electron chi connectivity index (χ4n) is 1.87. The lowest BCUT2D eigenvalue weighted by atomic mass is 9.78. The van der Waals surface area contributed by atoms with Crippen molar-refractivity contribution < 1.29 is 14.0 Å². The maximum absolute atomic E-state index is 6.06. The van der Waals surface area contributed by atoms with Crippen molar-refractivity contribution >= 4 is 35.8 Å². The van der Waals surface area contributed by atoms with Gasteiger partial charge < -0.3 is 14.0 Å². The van der Waals surface area contributed by atoms with Crippen LogP contribution in [-0.4, -0.2) is 25.4 Å². The maximum Gasteiger partial charge on any atom is 0.498 e. The van der Waals surface area contributed by atoms with Crippen LogP contribution >= 0.6 is 23.2 Å². The molecule has 1 aromatic rings. The first kappa shape index (κ1) is 15.0. The molecule has 0 aromatic heterocycles. The van der Waals surface area contributed by atoms with Crippen molar-refractivity contribution in [2.75, 3.05) is 7.11 Å². The van der Waals surface area contributed by atoms with Gasteiger partial charge in [0.2, 0.25) is 0 Å². The van der Waals surface area contributed by atoms with Gasteiger partial charge in [-0.3, -0.25) is 0 Å². The highest BCUT2D eigenvalue weighted by Gasteiger charge is 2.52. The number of hydrogen-bond donors (Lipinski definition) is 0. The van der Waals surface area contributed by atoms with E-state index in [4.69, 9.17) is 37.2 Å². The Balaban J connectivity index is 2.42. The Morgan fingerprint density at radius 1 is 1.00 bits per heavy atom. The predicted molar refractivity (Wildman–Crippen MR) is 78.7 cm³/mol. The number of halogens is 2. The number of methoxy groups -OCH3 is 1. The Hall–Kier alpha value is -0.415. The van der Waals surface area contributed by atoms with Crippen LogP contribution in [0, 0.1) is 0 Å². The highest BCUT2D eigenvalue weighted by atomic mass is 35.5. The van der Waals surface area contributed by atoms with Crippen molar-refractivity contribution in [2.24, 2.45) is 0 Å². The van der Waals surface area contributed by atoms with Gasteiger partial charge in [-0.2, -0.15) is 0 Å². The average Bonchev–Trinajstić information content (AvgIpc) is 2.51. The Kier molecular flexibility index (Phi) is 3.82. The third-order valence-corrected chi connectivity index (χ3v) is 4.50. The molecule has 0 radical (unpaired) electrons. The molecular weight excluding hydrogens is 286 g/mol. The van der Waals surface area contributed by atoms with E-state index in [0.717, 1.165) is 5.46 Å². The van der Waals surface area contributed by atoms with Crippen LogP contribution < -0.4 is 10.2 Å². The van der Waals surface area contributed by atoms with Crippen molar-refractivity contribution in [1.82, 2.24) is 0 Å². The Labute approximate surface area is 124 Å². The van der Waals surface area contributed by atoms with Gasteiger partial charge in [0.25, 0.3) is 0 Å². The second-order valence-electron chi connectivity index (χ2n) is 5.60. The summed E-state index contributed by atoms with van der Waals surface area (Å²) in [6.45, 7) is 7.99. The second kappa shape index (κ2) is 4.85. The molecule has 0 N–H and O–H groups in total. The SMILES string of the molecule is COc1cc(Cl)c(Cl)cc1B1OC(C)(C)C(C)(C)O1. The van der Waals surface area contributed by atoms with Crippen LogP contribution in [0.4, 0.5) is 0 Å². The standard InChI is InChI=1S/C13H17BCl2O3/c1-12(2)13(3,4)19-14(18-12)8-6-9(15)10(16)7-11(8)17-5/h6-7H,1-5H3. The van der Waals surface area contributed by atoms with Crippen molar-refractivity contribution in [2.45, 2.75) is 38.9 Å². The molecule has 0 bridgehead atoms. The molecule has 0 spiro atoms. The van der Waals surface area contributed by atoms with Crippen molar-refractivity contribution in [3.63, 3.8) is 0 Å². The molecule has 0 amide bonds. The van der Waals surface area contributed by atoms with Gasteiger partial charge in [-0.25, -0.2) is 0 Å². The molecule has 1 aliphatic heterocycles. The zero-order chi connectivity index (χ0) is 14.4. The summed E-state index contributed by atoms with van der Waals surface area (Å²) in [6, 6.07) is 3.40. The van der Waals surface area contributed by atoms with E-state index in [-0.39, 0.29) is 0 Å². The molecule has 6 heteroatoms. The first-order chi connectivity index (χ1) is 8.68. The van der Waals surface area contributed by atoms with Gasteiger partial charge in [0, 0.05) is 5.46 Å². The summed E-state index contributed by atoms with van der Waals surface area (Å²) in [5, 5.41) is 0.894. The van der Waals surface area contributed by atoms with Crippen LogP contribution in [0.5, 0.6) is 5.75 Å². The molecular formula is C13H17BCl2O3. The smallest absolute Gasteiger partial charge is 0.497 e. The minimum Gasteiger partial charge on any atom is -0.497 e. The van der Waals surface area contributed by atoms with E-state index in [2.05, 4.69) is 0 Å².